The van der Waals surface area contributed by atoms with Crippen molar-refractivity contribution in [3.63, 3.8) is 0 Å². The minimum atomic E-state index is -4.38. The van der Waals surface area contributed by atoms with Gasteiger partial charge in [-0.1, -0.05) is 52.3 Å². The molecule has 1 aliphatic heterocycles. The topological polar surface area (TPSA) is 182 Å². The van der Waals surface area contributed by atoms with E-state index in [0.29, 0.717) is 25.1 Å². The van der Waals surface area contributed by atoms with Crippen molar-refractivity contribution in [1.82, 2.24) is 25.2 Å². The first-order valence-corrected chi connectivity index (χ1v) is 19.0. The molecule has 3 saturated carbocycles. The monoisotopic (exact) mass is 713 g/mol. The van der Waals surface area contributed by atoms with Gasteiger partial charge in [-0.2, -0.15) is 8.42 Å². The van der Waals surface area contributed by atoms with Crippen molar-refractivity contribution in [3.05, 3.63) is 36.5 Å². The predicted molar refractivity (Wildman–Crippen MR) is 182 cm³/mol. The third-order valence-corrected chi connectivity index (χ3v) is 11.0. The minimum Gasteiger partial charge on any atom is -0.472 e. The summed E-state index contributed by atoms with van der Waals surface area (Å²) < 4.78 is 44.0. The van der Waals surface area contributed by atoms with Crippen LogP contribution < -0.4 is 20.1 Å². The van der Waals surface area contributed by atoms with Gasteiger partial charge in [0.15, 0.2) is 0 Å². The number of likely N-dealkylation sites (tertiary alicyclic amines) is 1. The number of amides is 4. The Labute approximate surface area is 292 Å². The largest absolute Gasteiger partial charge is 0.472 e. The molecule has 272 valence electrons. The second kappa shape index (κ2) is 14.0. The molecule has 2 heterocycles. The Hall–Kier alpha value is -3.98. The van der Waals surface area contributed by atoms with Crippen LogP contribution >= 0.6 is 0 Å². The van der Waals surface area contributed by atoms with Gasteiger partial charge in [0.25, 0.3) is 5.91 Å². The minimum absolute atomic E-state index is 0.00619. The van der Waals surface area contributed by atoms with Crippen LogP contribution in [0.25, 0.3) is 10.8 Å². The number of hydrogen-bond donors (Lipinski definition) is 3. The number of rotatable bonds is 12. The summed E-state index contributed by atoms with van der Waals surface area (Å²) in [6.45, 7) is 7.27. The van der Waals surface area contributed by atoms with Gasteiger partial charge in [-0.3, -0.25) is 18.6 Å². The molecule has 2 aromatic rings. The van der Waals surface area contributed by atoms with Crippen LogP contribution in [0.1, 0.15) is 85.5 Å². The summed E-state index contributed by atoms with van der Waals surface area (Å²) in [6.07, 6.45) is 4.99. The lowest BCUT2D eigenvalue weighted by atomic mass is 9.85. The molecule has 0 bridgehead atoms. The molecule has 4 fully saturated rings. The summed E-state index contributed by atoms with van der Waals surface area (Å²) in [7, 11) is -4.38. The van der Waals surface area contributed by atoms with E-state index >= 15 is 0 Å². The van der Waals surface area contributed by atoms with Crippen LogP contribution in [0.4, 0.5) is 4.79 Å². The van der Waals surface area contributed by atoms with Gasteiger partial charge in [-0.25, -0.2) is 14.5 Å². The van der Waals surface area contributed by atoms with E-state index < -0.39 is 69.4 Å². The zero-order valence-electron chi connectivity index (χ0n) is 29.0. The van der Waals surface area contributed by atoms with Gasteiger partial charge in [0.1, 0.15) is 29.8 Å². The third-order valence-electron chi connectivity index (χ3n) is 10.1. The van der Waals surface area contributed by atoms with Gasteiger partial charge < -0.3 is 25.0 Å². The Morgan fingerprint density at radius 1 is 1.02 bits per heavy atom. The second-order valence-corrected chi connectivity index (χ2v) is 16.3. The standard InChI is InChI=1S/C35H47N5O9S/c1-5-22-19-35(22,32(43)39-50(45,46)49-24-14-15-24)38-29(41)27-18-25(47-30-26-13-9-6-10-21(26)16-17-36-30)20-40(27)31(42)28(34(2,3)4)37-33(44)48-23-11-7-8-12-23/h6,9-10,13,16-17,22-25,27-28H,5,7-8,11-12,14-15,18-20H2,1-4H3,(H,37,44)(H,38,41)(H,39,43)/t22-,25-,27+,28-,35-/m1/s1. The molecule has 1 aromatic carbocycles. The predicted octanol–water partition coefficient (Wildman–Crippen LogP) is 3.49. The van der Waals surface area contributed by atoms with Gasteiger partial charge in [0.05, 0.1) is 12.6 Å². The summed E-state index contributed by atoms with van der Waals surface area (Å²) >= 11 is 0. The Morgan fingerprint density at radius 2 is 1.74 bits per heavy atom. The fourth-order valence-electron chi connectivity index (χ4n) is 7.03. The molecule has 4 aliphatic rings. The number of benzene rings is 1. The molecular formula is C35H47N5O9S. The molecule has 0 unspecified atom stereocenters. The first kappa shape index (κ1) is 35.8. The summed E-state index contributed by atoms with van der Waals surface area (Å²) in [5, 5.41) is 7.26. The van der Waals surface area contributed by atoms with Crippen molar-refractivity contribution in [2.75, 3.05) is 6.54 Å². The number of pyridine rings is 1. The quantitative estimate of drug-likeness (QED) is 0.295. The van der Waals surface area contributed by atoms with E-state index in [9.17, 15) is 27.6 Å². The Kier molecular flexibility index (Phi) is 10.0. The molecule has 3 N–H and O–H groups in total. The maximum absolute atomic E-state index is 14.5. The van der Waals surface area contributed by atoms with Crippen molar-refractivity contribution in [2.24, 2.45) is 11.3 Å². The van der Waals surface area contributed by atoms with Crippen molar-refractivity contribution in [1.29, 1.82) is 0 Å². The van der Waals surface area contributed by atoms with E-state index in [0.717, 1.165) is 36.5 Å². The van der Waals surface area contributed by atoms with Crippen LogP contribution in [-0.2, 0) is 33.6 Å². The molecule has 5 atom stereocenters. The van der Waals surface area contributed by atoms with Gasteiger partial charge in [-0.15, -0.1) is 0 Å². The number of aromatic nitrogens is 1. The molecular weight excluding hydrogens is 666 g/mol. The number of nitrogens with one attached hydrogen (secondary N) is 3. The maximum atomic E-state index is 14.5. The SMILES string of the molecule is CC[C@@H]1C[C@]1(NC(=O)[C@@H]1C[C@@H](Oc2nccc3ccccc23)CN1C(=O)[C@@H](NC(=O)OC1CCCC1)C(C)(C)C)C(=O)NS(=O)(=O)OC1CC1. The highest BCUT2D eigenvalue weighted by Crippen LogP contribution is 2.46. The number of carbonyl (C=O) groups is 4. The van der Waals surface area contributed by atoms with Gasteiger partial charge in [0, 0.05) is 18.0 Å². The zero-order valence-corrected chi connectivity index (χ0v) is 29.8. The van der Waals surface area contributed by atoms with Gasteiger partial charge >= 0.3 is 16.4 Å². The summed E-state index contributed by atoms with van der Waals surface area (Å²) in [4.78, 5) is 60.9. The molecule has 1 saturated heterocycles. The fourth-order valence-corrected chi connectivity index (χ4v) is 8.04. The van der Waals surface area contributed by atoms with Crippen molar-refractivity contribution < 1.29 is 41.3 Å². The fraction of sp³-hybridized carbons (Fsp3) is 0.629. The van der Waals surface area contributed by atoms with Crippen molar-refractivity contribution in [2.45, 2.75) is 121 Å². The molecule has 0 spiro atoms. The van der Waals surface area contributed by atoms with Gasteiger partial charge in [0.2, 0.25) is 17.7 Å². The zero-order chi connectivity index (χ0) is 35.8. The molecule has 1 aromatic heterocycles. The maximum Gasteiger partial charge on any atom is 0.408 e. The summed E-state index contributed by atoms with van der Waals surface area (Å²) in [5.74, 6) is -2.01. The molecule has 3 aliphatic carbocycles. The first-order chi connectivity index (χ1) is 23.7. The Morgan fingerprint density at radius 3 is 2.40 bits per heavy atom. The molecule has 0 radical (unpaired) electrons. The van der Waals surface area contributed by atoms with Gasteiger partial charge in [-0.05, 0) is 73.8 Å². The smallest absolute Gasteiger partial charge is 0.408 e. The molecule has 6 rings (SSSR count). The van der Waals surface area contributed by atoms with E-state index in [1.165, 1.54) is 4.90 Å². The summed E-state index contributed by atoms with van der Waals surface area (Å²) in [5.41, 5.74) is -2.27. The van der Waals surface area contributed by atoms with Crippen LogP contribution in [0.5, 0.6) is 5.88 Å². The van der Waals surface area contributed by atoms with E-state index in [1.54, 1.807) is 6.20 Å². The lowest BCUT2D eigenvalue weighted by Crippen LogP contribution is -2.60. The normalized spacial score (nSPS) is 25.9. The van der Waals surface area contributed by atoms with Crippen LogP contribution in [0.15, 0.2) is 36.5 Å². The first-order valence-electron chi connectivity index (χ1n) is 17.5. The third kappa shape index (κ3) is 7.98. The number of carbonyl (C=O) groups excluding carboxylic acids is 4. The highest BCUT2D eigenvalue weighted by molar-refractivity contribution is 7.85. The van der Waals surface area contributed by atoms with Crippen LogP contribution in [0.3, 0.4) is 0 Å². The van der Waals surface area contributed by atoms with Crippen molar-refractivity contribution in [3.8, 4) is 5.88 Å². The second-order valence-electron chi connectivity index (χ2n) is 15.0. The van der Waals surface area contributed by atoms with E-state index in [4.69, 9.17) is 13.7 Å². The van der Waals surface area contributed by atoms with Crippen molar-refractivity contribution >= 4 is 44.9 Å². The van der Waals surface area contributed by atoms with E-state index in [-0.39, 0.29) is 31.4 Å². The van der Waals surface area contributed by atoms with Crippen LogP contribution in [0, 0.1) is 11.3 Å². The average Bonchev–Trinajstić information content (AvgIpc) is 3.89. The lowest BCUT2D eigenvalue weighted by molar-refractivity contribution is -0.143. The average molecular weight is 714 g/mol. The van der Waals surface area contributed by atoms with Crippen LogP contribution in [0.2, 0.25) is 0 Å². The van der Waals surface area contributed by atoms with E-state index in [1.807, 2.05) is 62.7 Å². The number of nitrogens with zero attached hydrogens (tertiary/aromatic N) is 2. The molecule has 15 heteroatoms. The number of alkyl carbamates (subject to hydrolysis) is 1. The Balaban J connectivity index is 1.25. The highest BCUT2D eigenvalue weighted by Gasteiger charge is 2.62. The number of ether oxygens (including phenoxy) is 2. The van der Waals surface area contributed by atoms with Crippen LogP contribution in [-0.4, -0.2) is 84.6 Å². The number of fused-ring (bicyclic) bond motifs is 1. The lowest BCUT2D eigenvalue weighted by Gasteiger charge is -2.35. The highest BCUT2D eigenvalue weighted by atomic mass is 32.2. The molecule has 14 nitrogen and oxygen atoms in total. The molecule has 50 heavy (non-hydrogen) atoms. The molecule has 4 amide bonds. The number of hydrogen-bond acceptors (Lipinski definition) is 10. The Bertz CT molecular complexity index is 1730. The van der Waals surface area contributed by atoms with E-state index in [2.05, 4.69) is 15.6 Å². The summed E-state index contributed by atoms with van der Waals surface area (Å²) in [6, 6.07) is 7.24.